The van der Waals surface area contributed by atoms with Gasteiger partial charge in [0.05, 0.1) is 11.1 Å². The molecule has 0 saturated carbocycles. The van der Waals surface area contributed by atoms with Gasteiger partial charge in [0.1, 0.15) is 5.75 Å². The van der Waals surface area contributed by atoms with Crippen LogP contribution in [0, 0.1) is 0 Å². The number of benzene rings is 2. The number of halogens is 1. The van der Waals surface area contributed by atoms with Crippen LogP contribution in [0.4, 0.5) is 0 Å². The Labute approximate surface area is 126 Å². The summed E-state index contributed by atoms with van der Waals surface area (Å²) >= 11 is 3.63. The molecule has 3 nitrogen and oxygen atoms in total. The molecule has 0 aliphatic rings. The Bertz CT molecular complexity index is 736. The smallest absolute Gasteiger partial charge is 0.134 e. The van der Waals surface area contributed by atoms with E-state index in [0.29, 0.717) is 6.61 Å². The van der Waals surface area contributed by atoms with Gasteiger partial charge in [-0.1, -0.05) is 30.3 Å². The lowest BCUT2D eigenvalue weighted by atomic mass is 10.1. The highest BCUT2D eigenvalue weighted by Crippen LogP contribution is 2.33. The van der Waals surface area contributed by atoms with E-state index in [9.17, 15) is 0 Å². The molecule has 3 aromatic rings. The molecule has 3 rings (SSSR count). The lowest BCUT2D eigenvalue weighted by molar-refractivity contribution is 0.317. The summed E-state index contributed by atoms with van der Waals surface area (Å²) < 4.78 is 8.77. The standard InChI is InChI=1S/C16H15BrN2O/c1-19-13(8-10-18-19)9-11-20-15-7-6-12-4-2-3-5-14(12)16(15)17/h2-8,10H,9,11H2,1H3. The van der Waals surface area contributed by atoms with Crippen LogP contribution in [0.5, 0.6) is 5.75 Å². The summed E-state index contributed by atoms with van der Waals surface area (Å²) in [5.41, 5.74) is 1.17. The van der Waals surface area contributed by atoms with E-state index in [1.54, 1.807) is 6.20 Å². The predicted molar refractivity (Wildman–Crippen MR) is 84.1 cm³/mol. The van der Waals surface area contributed by atoms with Crippen molar-refractivity contribution < 1.29 is 4.74 Å². The van der Waals surface area contributed by atoms with E-state index >= 15 is 0 Å². The molecule has 102 valence electrons. The van der Waals surface area contributed by atoms with Crippen LogP contribution in [-0.4, -0.2) is 16.4 Å². The van der Waals surface area contributed by atoms with Gasteiger partial charge in [0.2, 0.25) is 0 Å². The van der Waals surface area contributed by atoms with Crippen molar-refractivity contribution in [3.63, 3.8) is 0 Å². The van der Waals surface area contributed by atoms with E-state index in [2.05, 4.69) is 39.2 Å². The molecule has 0 saturated heterocycles. The topological polar surface area (TPSA) is 27.1 Å². The van der Waals surface area contributed by atoms with Crippen molar-refractivity contribution in [1.82, 2.24) is 9.78 Å². The second-order valence-corrected chi connectivity index (χ2v) is 5.44. The van der Waals surface area contributed by atoms with Crippen LogP contribution in [0.1, 0.15) is 5.69 Å². The summed E-state index contributed by atoms with van der Waals surface area (Å²) in [5, 5.41) is 6.53. The highest BCUT2D eigenvalue weighted by Gasteiger charge is 2.06. The number of aryl methyl sites for hydroxylation is 1. The van der Waals surface area contributed by atoms with E-state index < -0.39 is 0 Å². The third kappa shape index (κ3) is 2.56. The Hall–Kier alpha value is -1.81. The molecule has 0 spiro atoms. The molecule has 0 N–H and O–H groups in total. The highest BCUT2D eigenvalue weighted by molar-refractivity contribution is 9.10. The Morgan fingerprint density at radius 2 is 2.00 bits per heavy atom. The van der Waals surface area contributed by atoms with E-state index in [4.69, 9.17) is 4.74 Å². The Kier molecular flexibility index (Phi) is 3.74. The first-order valence-corrected chi connectivity index (χ1v) is 7.32. The van der Waals surface area contributed by atoms with Gasteiger partial charge in [-0.15, -0.1) is 0 Å². The number of aromatic nitrogens is 2. The minimum absolute atomic E-state index is 0.635. The number of hydrogen-bond acceptors (Lipinski definition) is 2. The van der Waals surface area contributed by atoms with Gasteiger partial charge in [-0.2, -0.15) is 5.10 Å². The number of ether oxygens (including phenoxy) is 1. The summed E-state index contributed by atoms with van der Waals surface area (Å²) in [5.74, 6) is 0.880. The summed E-state index contributed by atoms with van der Waals surface area (Å²) in [6.45, 7) is 0.635. The Morgan fingerprint density at radius 3 is 2.80 bits per heavy atom. The summed E-state index contributed by atoms with van der Waals surface area (Å²) in [6, 6.07) is 14.4. The number of rotatable bonds is 4. The molecule has 1 aromatic heterocycles. The molecular formula is C16H15BrN2O. The fraction of sp³-hybridized carbons (Fsp3) is 0.188. The third-order valence-electron chi connectivity index (χ3n) is 3.37. The molecule has 0 fully saturated rings. The van der Waals surface area contributed by atoms with E-state index in [1.165, 1.54) is 16.5 Å². The van der Waals surface area contributed by atoms with Crippen molar-refractivity contribution in [2.75, 3.05) is 6.61 Å². The zero-order chi connectivity index (χ0) is 13.9. The van der Waals surface area contributed by atoms with Crippen LogP contribution in [0.25, 0.3) is 10.8 Å². The Morgan fingerprint density at radius 1 is 1.15 bits per heavy atom. The van der Waals surface area contributed by atoms with Gasteiger partial charge >= 0.3 is 0 Å². The average molecular weight is 331 g/mol. The second-order valence-electron chi connectivity index (χ2n) is 4.64. The minimum Gasteiger partial charge on any atom is -0.492 e. The van der Waals surface area contributed by atoms with Crippen molar-refractivity contribution >= 4 is 26.7 Å². The maximum Gasteiger partial charge on any atom is 0.134 e. The first kappa shape index (κ1) is 13.2. The molecule has 0 aliphatic carbocycles. The molecular weight excluding hydrogens is 316 g/mol. The van der Waals surface area contributed by atoms with E-state index in [-0.39, 0.29) is 0 Å². The summed E-state index contributed by atoms with van der Waals surface area (Å²) in [6.07, 6.45) is 2.65. The monoisotopic (exact) mass is 330 g/mol. The molecule has 20 heavy (non-hydrogen) atoms. The van der Waals surface area contributed by atoms with Gasteiger partial charge in [-0.05, 0) is 38.8 Å². The number of fused-ring (bicyclic) bond motifs is 1. The fourth-order valence-corrected chi connectivity index (χ4v) is 2.84. The summed E-state index contributed by atoms with van der Waals surface area (Å²) in [4.78, 5) is 0. The largest absolute Gasteiger partial charge is 0.492 e. The molecule has 0 unspecified atom stereocenters. The lowest BCUT2D eigenvalue weighted by Crippen LogP contribution is -2.06. The van der Waals surface area contributed by atoms with Crippen LogP contribution < -0.4 is 4.74 Å². The van der Waals surface area contributed by atoms with Crippen molar-refractivity contribution in [2.24, 2.45) is 7.05 Å². The lowest BCUT2D eigenvalue weighted by Gasteiger charge is -2.10. The van der Waals surface area contributed by atoms with Crippen LogP contribution in [0.15, 0.2) is 53.1 Å². The average Bonchev–Trinajstić information content (AvgIpc) is 2.87. The van der Waals surface area contributed by atoms with Crippen LogP contribution in [-0.2, 0) is 13.5 Å². The van der Waals surface area contributed by atoms with Gasteiger partial charge in [-0.25, -0.2) is 0 Å². The SMILES string of the molecule is Cn1nccc1CCOc1ccc2ccccc2c1Br. The molecule has 0 atom stereocenters. The van der Waals surface area contributed by atoms with Gasteiger partial charge in [0, 0.05) is 25.4 Å². The maximum atomic E-state index is 5.89. The zero-order valence-electron chi connectivity index (χ0n) is 11.2. The van der Waals surface area contributed by atoms with Crippen molar-refractivity contribution in [2.45, 2.75) is 6.42 Å². The van der Waals surface area contributed by atoms with Crippen LogP contribution in [0.3, 0.4) is 0 Å². The van der Waals surface area contributed by atoms with Crippen LogP contribution >= 0.6 is 15.9 Å². The maximum absolute atomic E-state index is 5.89. The second kappa shape index (κ2) is 5.67. The molecule has 0 aliphatic heterocycles. The highest BCUT2D eigenvalue weighted by atomic mass is 79.9. The van der Waals surface area contributed by atoms with Gasteiger partial charge in [0.15, 0.2) is 0 Å². The molecule has 2 aromatic carbocycles. The fourth-order valence-electron chi connectivity index (χ4n) is 2.24. The third-order valence-corrected chi connectivity index (χ3v) is 4.18. The normalized spacial score (nSPS) is 10.9. The molecule has 0 amide bonds. The van der Waals surface area contributed by atoms with Crippen molar-refractivity contribution in [3.8, 4) is 5.75 Å². The minimum atomic E-state index is 0.635. The predicted octanol–water partition coefficient (Wildman–Crippen LogP) is 3.96. The molecule has 4 heteroatoms. The first-order valence-electron chi connectivity index (χ1n) is 6.52. The zero-order valence-corrected chi connectivity index (χ0v) is 12.8. The number of hydrogen-bond donors (Lipinski definition) is 0. The molecule has 1 heterocycles. The number of nitrogens with zero attached hydrogens (tertiary/aromatic N) is 2. The van der Waals surface area contributed by atoms with Crippen molar-refractivity contribution in [1.29, 1.82) is 0 Å². The quantitative estimate of drug-likeness (QED) is 0.724. The van der Waals surface area contributed by atoms with Crippen molar-refractivity contribution in [3.05, 3.63) is 58.8 Å². The summed E-state index contributed by atoms with van der Waals surface area (Å²) in [7, 11) is 1.95. The van der Waals surface area contributed by atoms with E-state index in [1.807, 2.05) is 36.0 Å². The van der Waals surface area contributed by atoms with Gasteiger partial charge < -0.3 is 4.74 Å². The molecule has 0 radical (unpaired) electrons. The van der Waals surface area contributed by atoms with E-state index in [0.717, 1.165) is 16.6 Å². The molecule has 0 bridgehead atoms. The Balaban J connectivity index is 1.75. The van der Waals surface area contributed by atoms with Gasteiger partial charge in [-0.3, -0.25) is 4.68 Å². The first-order chi connectivity index (χ1) is 9.75. The van der Waals surface area contributed by atoms with Crippen LogP contribution in [0.2, 0.25) is 0 Å². The van der Waals surface area contributed by atoms with Gasteiger partial charge in [0.25, 0.3) is 0 Å².